The number of hydrazone groups is 1. The monoisotopic (exact) mass is 400 g/mol. The topological polar surface area (TPSA) is 62.1 Å². The standard InChI is InChI=1S/C25H24N2O3/c1-3-22-17-25(29,21-13-15-23(30-2)16-14-21)27(26-22)24(28)20-11-9-19(10-12-20)18-7-5-4-6-8-18/h4-16,29H,3,17H2,1-2H3/t25-/m1/s1. The second kappa shape index (κ2) is 8.13. The van der Waals surface area contributed by atoms with Crippen LogP contribution in [0.3, 0.4) is 0 Å². The Kier molecular flexibility index (Phi) is 5.38. The number of benzene rings is 3. The smallest absolute Gasteiger partial charge is 0.276 e. The predicted molar refractivity (Wildman–Crippen MR) is 117 cm³/mol. The minimum atomic E-state index is -1.52. The van der Waals surface area contributed by atoms with Crippen molar-refractivity contribution in [1.29, 1.82) is 0 Å². The number of carbonyl (C=O) groups excluding carboxylic acids is 1. The molecule has 0 fully saturated rings. The Morgan fingerprint density at radius 2 is 1.63 bits per heavy atom. The van der Waals surface area contributed by atoms with E-state index in [0.717, 1.165) is 16.8 Å². The van der Waals surface area contributed by atoms with Gasteiger partial charge in [-0.3, -0.25) is 4.79 Å². The van der Waals surface area contributed by atoms with Crippen LogP contribution in [0, 0.1) is 0 Å². The van der Waals surface area contributed by atoms with Crippen LogP contribution in [0.15, 0.2) is 84.0 Å². The zero-order valence-corrected chi connectivity index (χ0v) is 17.1. The fourth-order valence-electron chi connectivity index (χ4n) is 3.67. The van der Waals surface area contributed by atoms with Gasteiger partial charge in [-0.25, -0.2) is 0 Å². The summed E-state index contributed by atoms with van der Waals surface area (Å²) in [5.41, 5.74) is 2.44. The minimum absolute atomic E-state index is 0.281. The van der Waals surface area contributed by atoms with Crippen molar-refractivity contribution in [3.8, 4) is 16.9 Å². The Labute approximate surface area is 176 Å². The molecule has 0 aromatic heterocycles. The second-order valence-electron chi connectivity index (χ2n) is 7.30. The molecule has 1 atom stereocenters. The summed E-state index contributed by atoms with van der Waals surface area (Å²) in [6.07, 6.45) is 0.943. The van der Waals surface area contributed by atoms with Gasteiger partial charge in [-0.1, -0.05) is 61.5 Å². The molecule has 1 aliphatic rings. The molecule has 5 nitrogen and oxygen atoms in total. The lowest BCUT2D eigenvalue weighted by Gasteiger charge is -2.31. The summed E-state index contributed by atoms with van der Waals surface area (Å²) >= 11 is 0. The van der Waals surface area contributed by atoms with Gasteiger partial charge in [-0.05, 0) is 41.8 Å². The molecule has 1 aliphatic heterocycles. The molecule has 0 spiro atoms. The Bertz CT molecular complexity index is 1060. The number of hydrogen-bond donors (Lipinski definition) is 1. The van der Waals surface area contributed by atoms with E-state index in [1.807, 2.05) is 49.4 Å². The summed E-state index contributed by atoms with van der Waals surface area (Å²) in [7, 11) is 1.59. The van der Waals surface area contributed by atoms with Gasteiger partial charge in [0.25, 0.3) is 5.91 Å². The van der Waals surface area contributed by atoms with Crippen molar-refractivity contribution in [3.63, 3.8) is 0 Å². The Morgan fingerprint density at radius 3 is 2.23 bits per heavy atom. The summed E-state index contributed by atoms with van der Waals surface area (Å²) in [5.74, 6) is 0.350. The minimum Gasteiger partial charge on any atom is -0.497 e. The molecule has 0 saturated heterocycles. The second-order valence-corrected chi connectivity index (χ2v) is 7.30. The van der Waals surface area contributed by atoms with Gasteiger partial charge in [0, 0.05) is 23.3 Å². The van der Waals surface area contributed by atoms with Crippen molar-refractivity contribution in [2.75, 3.05) is 7.11 Å². The van der Waals surface area contributed by atoms with Crippen LogP contribution in [0.5, 0.6) is 5.75 Å². The molecule has 0 radical (unpaired) electrons. The van der Waals surface area contributed by atoms with Crippen LogP contribution in [0.25, 0.3) is 11.1 Å². The van der Waals surface area contributed by atoms with Crippen LogP contribution in [-0.2, 0) is 5.72 Å². The summed E-state index contributed by atoms with van der Waals surface area (Å²) in [4.78, 5) is 13.3. The zero-order chi connectivity index (χ0) is 21.1. The van der Waals surface area contributed by atoms with Crippen LogP contribution in [0.2, 0.25) is 0 Å². The van der Waals surface area contributed by atoms with Crippen LogP contribution >= 0.6 is 0 Å². The third-order valence-corrected chi connectivity index (χ3v) is 5.43. The molecular weight excluding hydrogens is 376 g/mol. The summed E-state index contributed by atoms with van der Waals surface area (Å²) in [5, 5.41) is 17.2. The van der Waals surface area contributed by atoms with Crippen molar-refractivity contribution in [3.05, 3.63) is 90.0 Å². The van der Waals surface area contributed by atoms with Gasteiger partial charge < -0.3 is 9.84 Å². The third-order valence-electron chi connectivity index (χ3n) is 5.43. The Hall–Kier alpha value is -3.44. The molecule has 1 heterocycles. The van der Waals surface area contributed by atoms with Crippen LogP contribution in [-0.4, -0.2) is 28.8 Å². The van der Waals surface area contributed by atoms with Gasteiger partial charge in [0.05, 0.1) is 7.11 Å². The van der Waals surface area contributed by atoms with Gasteiger partial charge in [0.15, 0.2) is 5.72 Å². The number of aliphatic hydroxyl groups is 1. The van der Waals surface area contributed by atoms with Gasteiger partial charge in [-0.2, -0.15) is 10.1 Å². The highest BCUT2D eigenvalue weighted by atomic mass is 16.5. The van der Waals surface area contributed by atoms with E-state index in [2.05, 4.69) is 5.10 Å². The molecule has 0 bridgehead atoms. The highest BCUT2D eigenvalue weighted by Crippen LogP contribution is 2.37. The number of rotatable bonds is 5. The van der Waals surface area contributed by atoms with Crippen molar-refractivity contribution >= 4 is 11.6 Å². The molecule has 4 rings (SSSR count). The zero-order valence-electron chi connectivity index (χ0n) is 17.1. The van der Waals surface area contributed by atoms with Crippen molar-refractivity contribution < 1.29 is 14.6 Å². The molecule has 1 amide bonds. The van der Waals surface area contributed by atoms with Crippen molar-refractivity contribution in [1.82, 2.24) is 5.01 Å². The Morgan fingerprint density at radius 1 is 1.00 bits per heavy atom. The highest BCUT2D eigenvalue weighted by molar-refractivity contribution is 5.98. The largest absolute Gasteiger partial charge is 0.497 e. The third kappa shape index (κ3) is 3.60. The lowest BCUT2D eigenvalue weighted by Crippen LogP contribution is -2.43. The molecule has 3 aromatic rings. The normalized spacial score (nSPS) is 18.2. The molecule has 1 N–H and O–H groups in total. The maximum absolute atomic E-state index is 13.3. The first-order valence-corrected chi connectivity index (χ1v) is 9.98. The maximum Gasteiger partial charge on any atom is 0.276 e. The van der Waals surface area contributed by atoms with Crippen molar-refractivity contribution in [2.24, 2.45) is 5.10 Å². The summed E-state index contributed by atoms with van der Waals surface area (Å²) in [6, 6.07) is 24.4. The quantitative estimate of drug-likeness (QED) is 0.668. The van der Waals surface area contributed by atoms with E-state index in [-0.39, 0.29) is 12.3 Å². The van der Waals surface area contributed by atoms with E-state index in [9.17, 15) is 9.90 Å². The summed E-state index contributed by atoms with van der Waals surface area (Å²) in [6.45, 7) is 1.97. The molecule has 0 unspecified atom stereocenters. The lowest BCUT2D eigenvalue weighted by atomic mass is 9.95. The van der Waals surface area contributed by atoms with Gasteiger partial charge in [0.2, 0.25) is 0 Å². The molecule has 3 aromatic carbocycles. The first-order chi connectivity index (χ1) is 14.5. The first kappa shape index (κ1) is 19.9. The average molecular weight is 400 g/mol. The molecule has 152 valence electrons. The predicted octanol–water partition coefficient (Wildman–Crippen LogP) is 4.82. The number of hydrogen-bond acceptors (Lipinski definition) is 4. The van der Waals surface area contributed by atoms with E-state index in [1.54, 1.807) is 43.5 Å². The molecule has 5 heteroatoms. The van der Waals surface area contributed by atoms with Crippen LogP contribution in [0.1, 0.15) is 35.7 Å². The number of carbonyl (C=O) groups is 1. The van der Waals surface area contributed by atoms with Crippen LogP contribution < -0.4 is 4.74 Å². The number of methoxy groups -OCH3 is 1. The summed E-state index contributed by atoms with van der Waals surface area (Å²) < 4.78 is 5.21. The van der Waals surface area contributed by atoms with Crippen LogP contribution in [0.4, 0.5) is 0 Å². The van der Waals surface area contributed by atoms with E-state index in [1.165, 1.54) is 5.01 Å². The molecule has 30 heavy (non-hydrogen) atoms. The number of ether oxygens (including phenoxy) is 1. The Balaban J connectivity index is 1.65. The van der Waals surface area contributed by atoms with E-state index < -0.39 is 5.72 Å². The molecular formula is C25H24N2O3. The maximum atomic E-state index is 13.3. The van der Waals surface area contributed by atoms with E-state index in [0.29, 0.717) is 23.3 Å². The van der Waals surface area contributed by atoms with Gasteiger partial charge in [-0.15, -0.1) is 0 Å². The number of amides is 1. The van der Waals surface area contributed by atoms with E-state index in [4.69, 9.17) is 4.74 Å². The molecule has 0 aliphatic carbocycles. The fourth-order valence-corrected chi connectivity index (χ4v) is 3.67. The highest BCUT2D eigenvalue weighted by Gasteiger charge is 2.45. The number of nitrogens with zero attached hydrogens (tertiary/aromatic N) is 2. The van der Waals surface area contributed by atoms with Gasteiger partial charge >= 0.3 is 0 Å². The SMILES string of the molecule is CCC1=NN(C(=O)c2ccc(-c3ccccc3)cc2)[C@](O)(c2ccc(OC)cc2)C1. The molecule has 0 saturated carbocycles. The average Bonchev–Trinajstić information content (AvgIpc) is 3.17. The van der Waals surface area contributed by atoms with Crippen molar-refractivity contribution in [2.45, 2.75) is 25.5 Å². The lowest BCUT2D eigenvalue weighted by molar-refractivity contribution is -0.0765. The van der Waals surface area contributed by atoms with E-state index >= 15 is 0 Å². The first-order valence-electron chi connectivity index (χ1n) is 9.98. The fraction of sp³-hybridized carbons (Fsp3) is 0.200. The van der Waals surface area contributed by atoms with Gasteiger partial charge in [0.1, 0.15) is 5.75 Å².